The van der Waals surface area contributed by atoms with E-state index in [-0.39, 0.29) is 51.5 Å². The second-order valence-corrected chi connectivity index (χ2v) is 22.2. The van der Waals surface area contributed by atoms with Crippen LogP contribution in [0.3, 0.4) is 0 Å². The van der Waals surface area contributed by atoms with Crippen LogP contribution in [0.25, 0.3) is 21.8 Å². The monoisotopic (exact) mass is 1210 g/mol. The lowest BCUT2D eigenvalue weighted by atomic mass is 9.99. The van der Waals surface area contributed by atoms with Crippen LogP contribution in [0.4, 0.5) is 0 Å². The van der Waals surface area contributed by atoms with Gasteiger partial charge in [0.2, 0.25) is 53.2 Å². The van der Waals surface area contributed by atoms with E-state index in [9.17, 15) is 28.8 Å². The van der Waals surface area contributed by atoms with Crippen LogP contribution in [0.15, 0.2) is 134 Å². The molecule has 0 unspecified atom stereocenters. The Balaban J connectivity index is 1.19. The first kappa shape index (κ1) is 65.2. The molecule has 0 saturated heterocycles. The Morgan fingerprint density at radius 1 is 0.483 bits per heavy atom. The molecular formula is C62H77N15O9S. The number of carbonyl (C=O) groups is 9. The minimum absolute atomic E-state index is 0.00584. The standard InChI is InChI=1S/C62H77N15O9S/c1-37(70-57(81)48(24-26-87-2)71-54(78)32-64)56(80)73-53(31-42-35-66-36-69-42)62(86)77-52(30-41-34-68-46-22-12-10-20-44(41)46)61(85)75-50(28-39-17-7-4-8-18-39)59(83)76-51(29-40-33-67-45-21-11-9-19-43(40)45)60(84)74-49(27-38-15-5-3-6-16-38)58(82)72-47(55(65)79)23-13-14-25-63/h3-12,15-22,33-37,47-53,67-68H,13-14,23-32,63-64H2,1-2H3,(H2,65,79)(H,66,69)(H,70,81)(H,71,78)(H,72,82)(H,73,80)(H,74,84)(H,75,85)(H,76,83)(H,77,86)/t37-,47-,48-,49+,50-,51-,52+,53-/m0/s1. The zero-order valence-corrected chi connectivity index (χ0v) is 49.4. The summed E-state index contributed by atoms with van der Waals surface area (Å²) in [5.41, 5.74) is 21.5. The number of hydrogen-bond acceptors (Lipinski definition) is 13. The van der Waals surface area contributed by atoms with Gasteiger partial charge in [-0.05, 0) is 85.5 Å². The van der Waals surface area contributed by atoms with Crippen LogP contribution in [0.2, 0.25) is 0 Å². The molecule has 24 nitrogen and oxygen atoms in total. The van der Waals surface area contributed by atoms with Crippen LogP contribution < -0.4 is 59.7 Å². The third-order valence-electron chi connectivity index (χ3n) is 14.7. The Hall–Kier alpha value is -9.33. The van der Waals surface area contributed by atoms with Gasteiger partial charge in [0.25, 0.3) is 0 Å². The van der Waals surface area contributed by atoms with Crippen molar-refractivity contribution in [3.05, 3.63) is 162 Å². The fraction of sp³-hybridized carbons (Fsp3) is 0.355. The second-order valence-electron chi connectivity index (χ2n) is 21.2. The summed E-state index contributed by atoms with van der Waals surface area (Å²) >= 11 is 1.46. The van der Waals surface area contributed by atoms with Gasteiger partial charge in [-0.2, -0.15) is 11.8 Å². The topological polar surface area (TPSA) is 388 Å². The Morgan fingerprint density at radius 3 is 1.37 bits per heavy atom. The van der Waals surface area contributed by atoms with Gasteiger partial charge in [-0.25, -0.2) is 4.98 Å². The molecule has 3 aromatic heterocycles. The van der Waals surface area contributed by atoms with Gasteiger partial charge < -0.3 is 74.7 Å². The van der Waals surface area contributed by atoms with E-state index in [1.54, 1.807) is 73.1 Å². The highest BCUT2D eigenvalue weighted by atomic mass is 32.2. The number of unbranched alkanes of at least 4 members (excludes halogenated alkanes) is 1. The quantitative estimate of drug-likeness (QED) is 0.0252. The maximum Gasteiger partial charge on any atom is 0.243 e. The van der Waals surface area contributed by atoms with E-state index in [1.165, 1.54) is 31.2 Å². The molecule has 7 rings (SSSR count). The second kappa shape index (κ2) is 32.8. The van der Waals surface area contributed by atoms with E-state index in [0.29, 0.717) is 53.1 Å². The summed E-state index contributed by atoms with van der Waals surface area (Å²) in [7, 11) is 0. The maximum atomic E-state index is 15.2. The van der Waals surface area contributed by atoms with Crippen molar-refractivity contribution < 1.29 is 43.2 Å². The Morgan fingerprint density at radius 2 is 0.920 bits per heavy atom. The molecule has 0 bridgehead atoms. The Labute approximate surface area is 507 Å². The van der Waals surface area contributed by atoms with E-state index in [2.05, 4.69) is 62.5 Å². The molecule has 9 amide bonds. The smallest absolute Gasteiger partial charge is 0.243 e. The number of para-hydroxylation sites is 2. The number of nitrogens with two attached hydrogens (primary N) is 3. The van der Waals surface area contributed by atoms with Gasteiger partial charge in [-0.3, -0.25) is 43.2 Å². The van der Waals surface area contributed by atoms with Crippen LogP contribution in [-0.4, -0.2) is 147 Å². The normalized spacial score (nSPS) is 14.0. The van der Waals surface area contributed by atoms with E-state index < -0.39 is 101 Å². The number of carbonyl (C=O) groups excluding carboxylic acids is 9. The van der Waals surface area contributed by atoms with Gasteiger partial charge in [0, 0.05) is 78.2 Å². The minimum atomic E-state index is -1.42. The van der Waals surface area contributed by atoms with Gasteiger partial charge in [-0.1, -0.05) is 97.1 Å². The minimum Gasteiger partial charge on any atom is -0.368 e. The molecule has 87 heavy (non-hydrogen) atoms. The number of primary amides is 1. The molecule has 7 aromatic rings. The average molecular weight is 1210 g/mol. The lowest BCUT2D eigenvalue weighted by molar-refractivity contribution is -0.135. The predicted octanol–water partition coefficient (Wildman–Crippen LogP) is 1.11. The lowest BCUT2D eigenvalue weighted by Gasteiger charge is -2.28. The molecule has 4 aromatic carbocycles. The van der Waals surface area contributed by atoms with Crippen molar-refractivity contribution in [3.63, 3.8) is 0 Å². The van der Waals surface area contributed by atoms with Crippen molar-refractivity contribution in [2.75, 3.05) is 25.1 Å². The van der Waals surface area contributed by atoms with E-state index in [0.717, 1.165) is 21.8 Å². The molecule has 3 heterocycles. The molecule has 25 heteroatoms. The van der Waals surface area contributed by atoms with Crippen molar-refractivity contribution in [3.8, 4) is 0 Å². The van der Waals surface area contributed by atoms with Crippen LogP contribution >= 0.6 is 11.8 Å². The number of rotatable bonds is 34. The summed E-state index contributed by atoms with van der Waals surface area (Å²) in [6.07, 6.45) is 9.22. The fourth-order valence-electron chi connectivity index (χ4n) is 9.98. The van der Waals surface area contributed by atoms with Crippen LogP contribution in [-0.2, 0) is 75.3 Å². The molecule has 0 aliphatic heterocycles. The number of H-pyrrole nitrogens is 3. The third kappa shape index (κ3) is 19.3. The third-order valence-corrected chi connectivity index (χ3v) is 15.4. The Kier molecular flexibility index (Phi) is 24.6. The van der Waals surface area contributed by atoms with Gasteiger partial charge in [0.1, 0.15) is 48.3 Å². The SMILES string of the molecule is CSCC[C@H](NC(=O)CN)C(=O)N[C@@H](C)C(=O)N[C@@H](Cc1cnc[nH]1)C(=O)N[C@H](Cc1c[nH]c2ccccc12)C(=O)N[C@@H](Cc1ccccc1)C(=O)N[C@@H](Cc1c[nH]c2ccccc12)C(=O)N[C@H](Cc1ccccc1)C(=O)N[C@@H](CCCCN)C(N)=O. The molecular weight excluding hydrogens is 1130 g/mol. The van der Waals surface area contributed by atoms with Crippen molar-refractivity contribution in [2.24, 2.45) is 17.2 Å². The van der Waals surface area contributed by atoms with Gasteiger partial charge in [0.15, 0.2) is 0 Å². The zero-order chi connectivity index (χ0) is 62.2. The fourth-order valence-corrected chi connectivity index (χ4v) is 10.4. The van der Waals surface area contributed by atoms with Crippen molar-refractivity contribution in [2.45, 2.75) is 113 Å². The van der Waals surface area contributed by atoms with Crippen LogP contribution in [0.1, 0.15) is 60.6 Å². The summed E-state index contributed by atoms with van der Waals surface area (Å²) < 4.78 is 0. The molecule has 0 saturated carbocycles. The van der Waals surface area contributed by atoms with Crippen molar-refractivity contribution in [1.82, 2.24) is 62.5 Å². The largest absolute Gasteiger partial charge is 0.368 e. The number of thioether (sulfide) groups is 1. The number of nitrogens with zero attached hydrogens (tertiary/aromatic N) is 1. The molecule has 0 aliphatic rings. The van der Waals surface area contributed by atoms with Gasteiger partial charge in [-0.15, -0.1) is 0 Å². The maximum absolute atomic E-state index is 15.2. The number of hydrogen-bond donors (Lipinski definition) is 14. The molecule has 0 fully saturated rings. The summed E-state index contributed by atoms with van der Waals surface area (Å²) in [5, 5.41) is 23.7. The number of aromatic nitrogens is 4. The van der Waals surface area contributed by atoms with Gasteiger partial charge in [0.05, 0.1) is 12.9 Å². The highest BCUT2D eigenvalue weighted by molar-refractivity contribution is 7.98. The van der Waals surface area contributed by atoms with Crippen molar-refractivity contribution >= 4 is 86.7 Å². The van der Waals surface area contributed by atoms with Crippen LogP contribution in [0, 0.1) is 0 Å². The number of nitrogens with one attached hydrogen (secondary N) is 11. The zero-order valence-electron chi connectivity index (χ0n) is 48.6. The van der Waals surface area contributed by atoms with Crippen LogP contribution in [0.5, 0.6) is 0 Å². The molecule has 8 atom stereocenters. The average Bonchev–Trinajstić information content (AvgIpc) is 2.95. The first-order valence-electron chi connectivity index (χ1n) is 28.8. The number of benzene rings is 4. The van der Waals surface area contributed by atoms with Gasteiger partial charge >= 0.3 is 0 Å². The summed E-state index contributed by atoms with van der Waals surface area (Å²) in [6.45, 7) is 1.43. The molecule has 17 N–H and O–H groups in total. The first-order chi connectivity index (χ1) is 42.0. The summed E-state index contributed by atoms with van der Waals surface area (Å²) in [5.74, 6) is -6.07. The molecule has 0 aliphatic carbocycles. The predicted molar refractivity (Wildman–Crippen MR) is 332 cm³/mol. The molecule has 0 spiro atoms. The lowest BCUT2D eigenvalue weighted by Crippen LogP contribution is -2.61. The number of amides is 9. The number of imidazole rings is 1. The summed E-state index contributed by atoms with van der Waals surface area (Å²) in [6, 6.07) is 22.4. The van der Waals surface area contributed by atoms with E-state index in [1.807, 2.05) is 54.8 Å². The molecule has 460 valence electrons. The van der Waals surface area contributed by atoms with E-state index >= 15 is 14.4 Å². The molecule has 0 radical (unpaired) electrons. The van der Waals surface area contributed by atoms with Crippen molar-refractivity contribution in [1.29, 1.82) is 0 Å². The number of aromatic amines is 3. The number of fused-ring (bicyclic) bond motifs is 2. The highest BCUT2D eigenvalue weighted by Crippen LogP contribution is 2.22. The van der Waals surface area contributed by atoms with E-state index in [4.69, 9.17) is 17.2 Å². The highest BCUT2D eigenvalue weighted by Gasteiger charge is 2.36. The summed E-state index contributed by atoms with van der Waals surface area (Å²) in [4.78, 5) is 140. The first-order valence-corrected chi connectivity index (χ1v) is 30.2. The Bertz CT molecular complexity index is 3430.